The molecule has 0 heterocycles. The van der Waals surface area contributed by atoms with Gasteiger partial charge in [-0.2, -0.15) is 0 Å². The topological polar surface area (TPSA) is 126 Å². The Morgan fingerprint density at radius 3 is 2.31 bits per heavy atom. The van der Waals surface area contributed by atoms with Gasteiger partial charge in [0.25, 0.3) is 0 Å². The lowest BCUT2D eigenvalue weighted by atomic mass is 9.92. The molecule has 188 valence electrons. The summed E-state index contributed by atoms with van der Waals surface area (Å²) in [5.41, 5.74) is 1.58. The SMILES string of the molecule is COC(=O)NC(=NC1C(=N)C=CC(S(=O)(=O)c2ccc(C(C)=O)cc2)=C1Cc1ccc(Cl)cc1)SC. The number of thioether (sulfide) groups is 1. The Balaban J connectivity index is 2.18. The molecule has 1 unspecified atom stereocenters. The average molecular weight is 546 g/mol. The maximum Gasteiger partial charge on any atom is 0.412 e. The number of nitrogens with zero attached hydrogens (tertiary/aromatic N) is 1. The number of rotatable bonds is 6. The van der Waals surface area contributed by atoms with Crippen molar-refractivity contribution in [2.24, 2.45) is 4.99 Å². The largest absolute Gasteiger partial charge is 0.453 e. The molecule has 8 nitrogen and oxygen atoms in total. The van der Waals surface area contributed by atoms with Crippen molar-refractivity contribution >= 4 is 56.0 Å². The second-order valence-corrected chi connectivity index (χ2v) is 10.9. The van der Waals surface area contributed by atoms with E-state index in [1.807, 2.05) is 0 Å². The van der Waals surface area contributed by atoms with Gasteiger partial charge >= 0.3 is 6.09 Å². The number of aliphatic imine (C=N–C) groups is 1. The number of Topliss-reactive ketones (excluding diaryl/α,β-unsaturated/α-hetero) is 1. The van der Waals surface area contributed by atoms with Crippen LogP contribution in [0, 0.1) is 5.41 Å². The van der Waals surface area contributed by atoms with Crippen LogP contribution in [0.5, 0.6) is 0 Å². The maximum absolute atomic E-state index is 13.7. The highest BCUT2D eigenvalue weighted by Gasteiger charge is 2.32. The highest BCUT2D eigenvalue weighted by Crippen LogP contribution is 2.32. The molecule has 1 atom stereocenters. The van der Waals surface area contributed by atoms with Gasteiger partial charge in [-0.25, -0.2) is 18.2 Å². The van der Waals surface area contributed by atoms with Crippen LogP contribution in [0.3, 0.4) is 0 Å². The maximum atomic E-state index is 13.7. The summed E-state index contributed by atoms with van der Waals surface area (Å²) in [7, 11) is -2.82. The summed E-state index contributed by atoms with van der Waals surface area (Å²) >= 11 is 7.14. The van der Waals surface area contributed by atoms with E-state index in [0.29, 0.717) is 16.2 Å². The average Bonchev–Trinajstić information content (AvgIpc) is 2.86. The lowest BCUT2D eigenvalue weighted by Crippen LogP contribution is -2.33. The third kappa shape index (κ3) is 6.31. The van der Waals surface area contributed by atoms with Crippen LogP contribution in [0.15, 0.2) is 81.0 Å². The van der Waals surface area contributed by atoms with Crippen molar-refractivity contribution in [3.05, 3.63) is 87.3 Å². The number of carbonyl (C=O) groups excluding carboxylic acids is 2. The number of ketones is 1. The first-order valence-electron chi connectivity index (χ1n) is 10.6. The van der Waals surface area contributed by atoms with Gasteiger partial charge in [-0.15, -0.1) is 0 Å². The zero-order chi connectivity index (χ0) is 26.5. The normalized spacial score (nSPS) is 16.2. The standard InChI is InChI=1S/C25H24ClN3O5S2/c1-15(30)17-6-10-19(11-7-17)36(32,33)22-13-12-21(27)23(28-24(35-3)29-25(31)34-2)20(22)14-16-4-8-18(26)9-5-16/h4-13,23,27H,14H2,1-3H3,(H,28,29,31). The van der Waals surface area contributed by atoms with Crippen molar-refractivity contribution in [2.45, 2.75) is 24.3 Å². The Labute approximate surface area is 218 Å². The highest BCUT2D eigenvalue weighted by atomic mass is 35.5. The van der Waals surface area contributed by atoms with Gasteiger partial charge in [0.05, 0.1) is 22.6 Å². The zero-order valence-electron chi connectivity index (χ0n) is 19.7. The Kier molecular flexibility index (Phi) is 8.89. The Morgan fingerprint density at radius 1 is 1.11 bits per heavy atom. The molecule has 0 saturated carbocycles. The molecule has 0 aliphatic heterocycles. The Hall–Kier alpha value is -3.21. The number of hydrogen-bond donors (Lipinski definition) is 2. The molecule has 2 N–H and O–H groups in total. The first kappa shape index (κ1) is 27.4. The van der Waals surface area contributed by atoms with Gasteiger partial charge in [0.15, 0.2) is 11.0 Å². The summed E-state index contributed by atoms with van der Waals surface area (Å²) in [5, 5.41) is 11.7. The lowest BCUT2D eigenvalue weighted by Gasteiger charge is -2.24. The summed E-state index contributed by atoms with van der Waals surface area (Å²) in [4.78, 5) is 27.9. The van der Waals surface area contributed by atoms with E-state index in [1.165, 1.54) is 50.5 Å². The number of amides is 1. The molecule has 36 heavy (non-hydrogen) atoms. The van der Waals surface area contributed by atoms with E-state index in [4.69, 9.17) is 17.0 Å². The van der Waals surface area contributed by atoms with E-state index in [9.17, 15) is 18.0 Å². The molecule has 1 amide bonds. The first-order chi connectivity index (χ1) is 17.1. The van der Waals surface area contributed by atoms with Crippen molar-refractivity contribution < 1.29 is 22.7 Å². The van der Waals surface area contributed by atoms with Crippen LogP contribution in [-0.4, -0.2) is 50.6 Å². The molecular weight excluding hydrogens is 522 g/mol. The van der Waals surface area contributed by atoms with E-state index in [2.05, 4.69) is 15.0 Å². The van der Waals surface area contributed by atoms with Gasteiger partial charge in [0.1, 0.15) is 6.04 Å². The summed E-state index contributed by atoms with van der Waals surface area (Å²) in [6, 6.07) is 11.6. The molecule has 11 heteroatoms. The summed E-state index contributed by atoms with van der Waals surface area (Å²) in [6.07, 6.45) is 3.89. The van der Waals surface area contributed by atoms with Crippen LogP contribution >= 0.6 is 23.4 Å². The molecule has 0 bridgehead atoms. The van der Waals surface area contributed by atoms with Crippen molar-refractivity contribution in [1.29, 1.82) is 5.41 Å². The molecule has 2 aromatic carbocycles. The minimum absolute atomic E-state index is 0.00343. The number of ether oxygens (including phenoxy) is 1. The summed E-state index contributed by atoms with van der Waals surface area (Å²) < 4.78 is 32.1. The zero-order valence-corrected chi connectivity index (χ0v) is 22.1. The summed E-state index contributed by atoms with van der Waals surface area (Å²) in [5.74, 6) is -0.176. The Bertz CT molecular complexity index is 1380. The van der Waals surface area contributed by atoms with Gasteiger partial charge in [0.2, 0.25) is 9.84 Å². The molecule has 0 saturated heterocycles. The van der Waals surface area contributed by atoms with E-state index in [0.717, 1.165) is 17.3 Å². The number of methoxy groups -OCH3 is 1. The number of carbonyl (C=O) groups is 2. The second-order valence-electron chi connectivity index (χ2n) is 7.72. The predicted molar refractivity (Wildman–Crippen MR) is 143 cm³/mol. The van der Waals surface area contributed by atoms with Crippen molar-refractivity contribution in [2.75, 3.05) is 13.4 Å². The molecule has 0 aromatic heterocycles. The molecule has 0 spiro atoms. The van der Waals surface area contributed by atoms with Crippen molar-refractivity contribution in [3.8, 4) is 0 Å². The molecule has 3 rings (SSSR count). The molecule has 0 radical (unpaired) electrons. The molecule has 1 aliphatic rings. The van der Waals surface area contributed by atoms with E-state index < -0.39 is 22.0 Å². The Morgan fingerprint density at radius 2 is 1.75 bits per heavy atom. The highest BCUT2D eigenvalue weighted by molar-refractivity contribution is 8.13. The minimum Gasteiger partial charge on any atom is -0.453 e. The van der Waals surface area contributed by atoms with E-state index in [1.54, 1.807) is 30.5 Å². The monoisotopic (exact) mass is 545 g/mol. The van der Waals surface area contributed by atoms with Gasteiger partial charge in [-0.3, -0.25) is 10.1 Å². The number of nitrogens with one attached hydrogen (secondary N) is 2. The smallest absolute Gasteiger partial charge is 0.412 e. The fraction of sp³-hybridized carbons (Fsp3) is 0.200. The fourth-order valence-electron chi connectivity index (χ4n) is 3.49. The number of halogens is 1. The number of allylic oxidation sites excluding steroid dienone is 1. The second kappa shape index (κ2) is 11.7. The van der Waals surface area contributed by atoms with Crippen LogP contribution in [0.1, 0.15) is 22.8 Å². The number of hydrogen-bond acceptors (Lipinski definition) is 8. The molecular formula is C25H24ClN3O5S2. The summed E-state index contributed by atoms with van der Waals surface area (Å²) in [6.45, 7) is 1.40. The third-order valence-corrected chi connectivity index (χ3v) is 8.07. The van der Waals surface area contributed by atoms with Gasteiger partial charge in [-0.1, -0.05) is 47.6 Å². The number of amidine groups is 1. The van der Waals surface area contributed by atoms with Crippen molar-refractivity contribution in [1.82, 2.24) is 5.32 Å². The number of benzene rings is 2. The first-order valence-corrected chi connectivity index (χ1v) is 13.7. The third-order valence-electron chi connectivity index (χ3n) is 5.36. The van der Waals surface area contributed by atoms with Crippen LogP contribution in [0.2, 0.25) is 5.02 Å². The van der Waals surface area contributed by atoms with Crippen LogP contribution in [0.4, 0.5) is 4.79 Å². The van der Waals surface area contributed by atoms with Crippen LogP contribution in [-0.2, 0) is 21.0 Å². The van der Waals surface area contributed by atoms with Crippen LogP contribution < -0.4 is 5.32 Å². The lowest BCUT2D eigenvalue weighted by molar-refractivity contribution is 0.101. The number of alkyl carbamates (subject to hydrolysis) is 1. The van der Waals surface area contributed by atoms with E-state index >= 15 is 0 Å². The number of sulfone groups is 1. The quantitative estimate of drug-likeness (QED) is 0.304. The minimum atomic E-state index is -4.04. The van der Waals surface area contributed by atoms with Crippen molar-refractivity contribution in [3.63, 3.8) is 0 Å². The van der Waals surface area contributed by atoms with Gasteiger partial charge in [0, 0.05) is 10.6 Å². The molecule has 0 fully saturated rings. The fourth-order valence-corrected chi connectivity index (χ4v) is 5.54. The molecule has 1 aliphatic carbocycles. The van der Waals surface area contributed by atoms with Gasteiger partial charge < -0.3 is 10.1 Å². The van der Waals surface area contributed by atoms with Gasteiger partial charge in [-0.05, 0) is 67.2 Å². The molecule has 2 aromatic rings. The predicted octanol–water partition coefficient (Wildman–Crippen LogP) is 4.85. The van der Waals surface area contributed by atoms with Crippen LogP contribution in [0.25, 0.3) is 0 Å². The van der Waals surface area contributed by atoms with E-state index in [-0.39, 0.29) is 32.9 Å².